The smallest absolute Gasteiger partial charge is 0.129 e. The largest absolute Gasteiger partial charge is 0.314 e. The second-order valence-corrected chi connectivity index (χ2v) is 4.82. The summed E-state index contributed by atoms with van der Waals surface area (Å²) in [7, 11) is 0. The minimum atomic E-state index is -0.473. The van der Waals surface area contributed by atoms with E-state index in [1.807, 2.05) is 0 Å². The van der Waals surface area contributed by atoms with E-state index in [0.717, 1.165) is 26.2 Å². The molecule has 2 nitrogen and oxygen atoms in total. The molecule has 0 spiro atoms. The van der Waals surface area contributed by atoms with Crippen molar-refractivity contribution >= 4 is 11.6 Å². The van der Waals surface area contributed by atoms with Crippen molar-refractivity contribution in [2.75, 3.05) is 32.9 Å². The van der Waals surface area contributed by atoms with E-state index in [9.17, 15) is 8.78 Å². The molecular formula is C13H17ClF2N2. The summed E-state index contributed by atoms with van der Waals surface area (Å²) in [5.41, 5.74) is 0.429. The Labute approximate surface area is 111 Å². The van der Waals surface area contributed by atoms with E-state index in [2.05, 4.69) is 10.2 Å². The van der Waals surface area contributed by atoms with Gasteiger partial charge in [-0.05, 0) is 18.6 Å². The average molecular weight is 275 g/mol. The van der Waals surface area contributed by atoms with Crippen LogP contribution in [-0.4, -0.2) is 37.8 Å². The van der Waals surface area contributed by atoms with Crippen molar-refractivity contribution in [3.63, 3.8) is 0 Å². The fourth-order valence-corrected chi connectivity index (χ4v) is 2.72. The summed E-state index contributed by atoms with van der Waals surface area (Å²) in [5, 5.41) is 3.61. The predicted octanol–water partition coefficient (Wildman–Crippen LogP) is 2.79. The second kappa shape index (κ2) is 6.45. The Morgan fingerprint density at radius 1 is 1.33 bits per heavy atom. The average Bonchev–Trinajstić information content (AvgIpc) is 2.38. The number of benzene rings is 1. The third kappa shape index (κ3) is 2.99. The number of alkyl halides is 1. The molecule has 5 heteroatoms. The molecule has 0 bridgehead atoms. The molecule has 100 valence electrons. The summed E-state index contributed by atoms with van der Waals surface area (Å²) in [6.07, 6.45) is 0.278. The molecule has 1 aromatic rings. The Morgan fingerprint density at radius 3 is 2.67 bits per heavy atom. The third-order valence-corrected chi connectivity index (χ3v) is 3.64. The van der Waals surface area contributed by atoms with Crippen LogP contribution in [-0.2, 0) is 0 Å². The number of nitrogens with zero attached hydrogens (tertiary/aromatic N) is 1. The highest BCUT2D eigenvalue weighted by atomic mass is 35.5. The molecule has 0 radical (unpaired) electrons. The van der Waals surface area contributed by atoms with Crippen LogP contribution in [0.25, 0.3) is 0 Å². The number of rotatable bonds is 4. The van der Waals surface area contributed by atoms with Crippen molar-refractivity contribution in [1.29, 1.82) is 0 Å². The van der Waals surface area contributed by atoms with Crippen molar-refractivity contribution < 1.29 is 8.78 Å². The maximum atomic E-state index is 13.9. The fourth-order valence-electron chi connectivity index (χ4n) is 2.44. The minimum Gasteiger partial charge on any atom is -0.314 e. The van der Waals surface area contributed by atoms with Gasteiger partial charge in [0.2, 0.25) is 0 Å². The maximum Gasteiger partial charge on any atom is 0.129 e. The molecule has 2 rings (SSSR count). The Hall–Kier alpha value is -0.710. The highest BCUT2D eigenvalue weighted by Gasteiger charge is 2.26. The van der Waals surface area contributed by atoms with E-state index in [4.69, 9.17) is 11.6 Å². The van der Waals surface area contributed by atoms with Gasteiger partial charge in [0.25, 0.3) is 0 Å². The molecular weight excluding hydrogens is 258 g/mol. The van der Waals surface area contributed by atoms with Crippen LogP contribution in [0.2, 0.25) is 5.02 Å². The van der Waals surface area contributed by atoms with Crippen molar-refractivity contribution in [2.45, 2.75) is 12.5 Å². The van der Waals surface area contributed by atoms with Crippen LogP contribution in [0.1, 0.15) is 18.0 Å². The highest BCUT2D eigenvalue weighted by molar-refractivity contribution is 6.31. The minimum absolute atomic E-state index is 0.272. The Morgan fingerprint density at radius 2 is 2.06 bits per heavy atom. The zero-order valence-electron chi connectivity index (χ0n) is 10.1. The van der Waals surface area contributed by atoms with Gasteiger partial charge in [0.1, 0.15) is 5.82 Å². The molecule has 0 amide bonds. The van der Waals surface area contributed by atoms with Gasteiger partial charge in [-0.15, -0.1) is 0 Å². The van der Waals surface area contributed by atoms with Gasteiger partial charge in [0.15, 0.2) is 0 Å². The van der Waals surface area contributed by atoms with Crippen molar-refractivity contribution in [1.82, 2.24) is 10.2 Å². The molecule has 1 aliphatic heterocycles. The SMILES string of the molecule is FCC[C@H](c1c(F)cccc1Cl)N1CCNCC1. The van der Waals surface area contributed by atoms with Gasteiger partial charge < -0.3 is 5.32 Å². The molecule has 0 aliphatic carbocycles. The molecule has 0 aromatic heterocycles. The lowest BCUT2D eigenvalue weighted by molar-refractivity contribution is 0.154. The van der Waals surface area contributed by atoms with Gasteiger partial charge in [0, 0.05) is 42.8 Å². The molecule has 1 aliphatic rings. The van der Waals surface area contributed by atoms with Crippen LogP contribution in [0.4, 0.5) is 8.78 Å². The standard InChI is InChI=1S/C13H17ClF2N2/c14-10-2-1-3-11(16)13(10)12(4-5-15)18-8-6-17-7-9-18/h1-3,12,17H,4-9H2/t12-/m1/s1. The Kier molecular flexibility index (Phi) is 4.92. The summed E-state index contributed by atoms with van der Waals surface area (Å²) in [4.78, 5) is 2.10. The number of piperazine rings is 1. The zero-order chi connectivity index (χ0) is 13.0. The predicted molar refractivity (Wildman–Crippen MR) is 69.2 cm³/mol. The van der Waals surface area contributed by atoms with Crippen LogP contribution < -0.4 is 5.32 Å². The van der Waals surface area contributed by atoms with Gasteiger partial charge in [-0.3, -0.25) is 9.29 Å². The second-order valence-electron chi connectivity index (χ2n) is 4.41. The zero-order valence-corrected chi connectivity index (χ0v) is 10.9. The molecule has 1 fully saturated rings. The van der Waals surface area contributed by atoms with Crippen molar-refractivity contribution in [3.05, 3.63) is 34.6 Å². The molecule has 1 heterocycles. The molecule has 1 aromatic carbocycles. The first kappa shape index (κ1) is 13.7. The van der Waals surface area contributed by atoms with E-state index in [0.29, 0.717) is 10.6 Å². The number of hydrogen-bond donors (Lipinski definition) is 1. The molecule has 1 atom stereocenters. The van der Waals surface area contributed by atoms with E-state index in [-0.39, 0.29) is 18.3 Å². The molecule has 18 heavy (non-hydrogen) atoms. The Balaban J connectivity index is 2.28. The first-order valence-electron chi connectivity index (χ1n) is 6.18. The fraction of sp³-hybridized carbons (Fsp3) is 0.538. The topological polar surface area (TPSA) is 15.3 Å². The van der Waals surface area contributed by atoms with Crippen LogP contribution in [0.5, 0.6) is 0 Å². The number of hydrogen-bond acceptors (Lipinski definition) is 2. The monoisotopic (exact) mass is 274 g/mol. The van der Waals surface area contributed by atoms with Crippen LogP contribution in [0.15, 0.2) is 18.2 Å². The molecule has 0 saturated carbocycles. The summed E-state index contributed by atoms with van der Waals surface area (Å²) in [5.74, 6) is -0.348. The van der Waals surface area contributed by atoms with E-state index >= 15 is 0 Å². The van der Waals surface area contributed by atoms with E-state index in [1.165, 1.54) is 6.07 Å². The van der Waals surface area contributed by atoms with Gasteiger partial charge in [-0.1, -0.05) is 17.7 Å². The lowest BCUT2D eigenvalue weighted by Gasteiger charge is -2.35. The summed E-state index contributed by atoms with van der Waals surface area (Å²) in [6, 6.07) is 4.35. The van der Waals surface area contributed by atoms with E-state index in [1.54, 1.807) is 12.1 Å². The lowest BCUT2D eigenvalue weighted by atomic mass is 10.0. The molecule has 1 saturated heterocycles. The maximum absolute atomic E-state index is 13.9. The van der Waals surface area contributed by atoms with Gasteiger partial charge >= 0.3 is 0 Å². The third-order valence-electron chi connectivity index (χ3n) is 3.31. The molecule has 1 N–H and O–H groups in total. The first-order valence-corrected chi connectivity index (χ1v) is 6.56. The van der Waals surface area contributed by atoms with Crippen LogP contribution >= 0.6 is 11.6 Å². The van der Waals surface area contributed by atoms with Gasteiger partial charge in [-0.2, -0.15) is 0 Å². The first-order chi connectivity index (χ1) is 8.74. The van der Waals surface area contributed by atoms with Gasteiger partial charge in [-0.25, -0.2) is 4.39 Å². The normalized spacial score (nSPS) is 18.8. The molecule has 0 unspecified atom stereocenters. The van der Waals surface area contributed by atoms with Crippen LogP contribution in [0, 0.1) is 5.82 Å². The lowest BCUT2D eigenvalue weighted by Crippen LogP contribution is -2.45. The van der Waals surface area contributed by atoms with Gasteiger partial charge in [0.05, 0.1) is 6.67 Å². The summed E-state index contributed by atoms with van der Waals surface area (Å²) < 4.78 is 26.7. The van der Waals surface area contributed by atoms with E-state index < -0.39 is 6.67 Å². The summed E-state index contributed by atoms with van der Waals surface area (Å²) in [6.45, 7) is 2.79. The van der Waals surface area contributed by atoms with Crippen LogP contribution in [0.3, 0.4) is 0 Å². The van der Waals surface area contributed by atoms with Crippen molar-refractivity contribution in [2.24, 2.45) is 0 Å². The summed E-state index contributed by atoms with van der Waals surface area (Å²) >= 11 is 6.07. The quantitative estimate of drug-likeness (QED) is 0.908. The number of nitrogens with one attached hydrogen (secondary N) is 1. The van der Waals surface area contributed by atoms with Crippen molar-refractivity contribution in [3.8, 4) is 0 Å². The number of halogens is 3. The highest BCUT2D eigenvalue weighted by Crippen LogP contribution is 2.32. The Bertz CT molecular complexity index is 374.